The molecule has 1 amide bonds. The molecule has 0 aromatic rings. The Bertz CT molecular complexity index is 193. The van der Waals surface area contributed by atoms with Crippen LogP contribution in [0.2, 0.25) is 0 Å². The van der Waals surface area contributed by atoms with Crippen molar-refractivity contribution in [2.24, 2.45) is 0 Å². The molecule has 0 bridgehead atoms. The van der Waals surface area contributed by atoms with Gasteiger partial charge in [-0.2, -0.15) is 0 Å². The number of rotatable bonds is 3. The number of hydrogen-bond acceptors (Lipinski definition) is 3. The van der Waals surface area contributed by atoms with Crippen LogP contribution in [0.15, 0.2) is 0 Å². The van der Waals surface area contributed by atoms with Crippen LogP contribution >= 0.6 is 0 Å². The fourth-order valence-electron chi connectivity index (χ4n) is 1.90. The largest absolute Gasteiger partial charge is 0.356 e. The molecule has 1 unspecified atom stereocenters. The van der Waals surface area contributed by atoms with Crippen molar-refractivity contribution < 1.29 is 4.79 Å². The SMILES string of the molecule is CC.CC(C)N1CCCC(NC=O)CC1.CN(C)C. The molecule has 1 aliphatic rings. The molecule has 4 heteroatoms. The molecule has 19 heavy (non-hydrogen) atoms. The molecule has 0 spiro atoms. The summed E-state index contributed by atoms with van der Waals surface area (Å²) in [6.45, 7) is 10.7. The molecule has 1 heterocycles. The number of amides is 1. The summed E-state index contributed by atoms with van der Waals surface area (Å²) in [5, 5.41) is 2.88. The fraction of sp³-hybridized carbons (Fsp3) is 0.933. The Kier molecular flexibility index (Phi) is 15.1. The van der Waals surface area contributed by atoms with E-state index >= 15 is 0 Å². The molecule has 1 atom stereocenters. The van der Waals surface area contributed by atoms with Crippen LogP contribution in [-0.2, 0) is 4.79 Å². The Morgan fingerprint density at radius 3 is 2.11 bits per heavy atom. The lowest BCUT2D eigenvalue weighted by molar-refractivity contribution is -0.110. The lowest BCUT2D eigenvalue weighted by Crippen LogP contribution is -2.33. The molecule has 0 radical (unpaired) electrons. The van der Waals surface area contributed by atoms with E-state index in [-0.39, 0.29) is 0 Å². The van der Waals surface area contributed by atoms with Crippen molar-refractivity contribution in [3.63, 3.8) is 0 Å². The van der Waals surface area contributed by atoms with Crippen molar-refractivity contribution >= 4 is 6.41 Å². The van der Waals surface area contributed by atoms with E-state index in [1.807, 2.05) is 39.9 Å². The second kappa shape index (κ2) is 13.8. The van der Waals surface area contributed by atoms with E-state index in [4.69, 9.17) is 0 Å². The van der Waals surface area contributed by atoms with Crippen LogP contribution < -0.4 is 5.32 Å². The summed E-state index contributed by atoms with van der Waals surface area (Å²) in [6.07, 6.45) is 4.25. The van der Waals surface area contributed by atoms with E-state index in [0.717, 1.165) is 25.8 Å². The normalized spacial score (nSPS) is 19.7. The van der Waals surface area contributed by atoms with Crippen molar-refractivity contribution in [3.05, 3.63) is 0 Å². The second-order valence-corrected chi connectivity index (χ2v) is 5.38. The average molecular weight is 273 g/mol. The molecule has 116 valence electrons. The lowest BCUT2D eigenvalue weighted by Gasteiger charge is -2.24. The first-order chi connectivity index (χ1) is 8.97. The van der Waals surface area contributed by atoms with Gasteiger partial charge in [0.15, 0.2) is 0 Å². The van der Waals surface area contributed by atoms with Crippen LogP contribution in [0, 0.1) is 0 Å². The third-order valence-electron chi connectivity index (χ3n) is 2.80. The number of likely N-dealkylation sites (tertiary alicyclic amines) is 1. The van der Waals surface area contributed by atoms with Gasteiger partial charge < -0.3 is 15.1 Å². The maximum Gasteiger partial charge on any atom is 0.207 e. The minimum Gasteiger partial charge on any atom is -0.356 e. The molecule has 4 nitrogen and oxygen atoms in total. The van der Waals surface area contributed by atoms with E-state index in [1.165, 1.54) is 13.0 Å². The van der Waals surface area contributed by atoms with Gasteiger partial charge in [0, 0.05) is 18.6 Å². The summed E-state index contributed by atoms with van der Waals surface area (Å²) in [5.41, 5.74) is 0. The van der Waals surface area contributed by atoms with Crippen molar-refractivity contribution in [2.45, 2.75) is 59.0 Å². The lowest BCUT2D eigenvalue weighted by atomic mass is 10.1. The second-order valence-electron chi connectivity index (χ2n) is 5.38. The Morgan fingerprint density at radius 1 is 1.16 bits per heavy atom. The number of nitrogens with one attached hydrogen (secondary N) is 1. The molecule has 0 aromatic heterocycles. The van der Waals surface area contributed by atoms with E-state index in [9.17, 15) is 4.79 Å². The third kappa shape index (κ3) is 13.6. The number of hydrogen-bond donors (Lipinski definition) is 1. The van der Waals surface area contributed by atoms with Crippen molar-refractivity contribution in [2.75, 3.05) is 34.2 Å². The highest BCUT2D eigenvalue weighted by molar-refractivity contribution is 5.46. The third-order valence-corrected chi connectivity index (χ3v) is 2.80. The van der Waals surface area contributed by atoms with Gasteiger partial charge in [-0.1, -0.05) is 13.8 Å². The van der Waals surface area contributed by atoms with Crippen LogP contribution in [0.25, 0.3) is 0 Å². The van der Waals surface area contributed by atoms with Crippen molar-refractivity contribution in [3.8, 4) is 0 Å². The highest BCUT2D eigenvalue weighted by atomic mass is 16.1. The van der Waals surface area contributed by atoms with Gasteiger partial charge in [-0.05, 0) is 60.8 Å². The maximum absolute atomic E-state index is 10.3. The minimum atomic E-state index is 0.404. The van der Waals surface area contributed by atoms with Gasteiger partial charge in [0.1, 0.15) is 0 Å². The van der Waals surface area contributed by atoms with Gasteiger partial charge in [-0.15, -0.1) is 0 Å². The minimum absolute atomic E-state index is 0.404. The Morgan fingerprint density at radius 2 is 1.68 bits per heavy atom. The van der Waals surface area contributed by atoms with Gasteiger partial charge >= 0.3 is 0 Å². The predicted molar refractivity (Wildman–Crippen MR) is 84.5 cm³/mol. The molecule has 1 fully saturated rings. The summed E-state index contributed by atoms with van der Waals surface area (Å²) in [7, 11) is 6.00. The molecule has 1 saturated heterocycles. The molecule has 1 rings (SSSR count). The monoisotopic (exact) mass is 273 g/mol. The first kappa shape index (κ1) is 20.7. The van der Waals surface area contributed by atoms with Crippen LogP contribution in [0.1, 0.15) is 47.0 Å². The molecular weight excluding hydrogens is 238 g/mol. The van der Waals surface area contributed by atoms with Crippen LogP contribution in [0.5, 0.6) is 0 Å². The van der Waals surface area contributed by atoms with E-state index in [0.29, 0.717) is 12.1 Å². The molecule has 1 aliphatic heterocycles. The summed E-state index contributed by atoms with van der Waals surface area (Å²) in [4.78, 5) is 14.8. The van der Waals surface area contributed by atoms with Gasteiger partial charge in [-0.25, -0.2) is 0 Å². The topological polar surface area (TPSA) is 35.6 Å². The fourth-order valence-corrected chi connectivity index (χ4v) is 1.90. The molecule has 0 aromatic carbocycles. The zero-order valence-corrected chi connectivity index (χ0v) is 14.1. The van der Waals surface area contributed by atoms with E-state index in [1.54, 1.807) is 0 Å². The molecular formula is C15H35N3O. The summed E-state index contributed by atoms with van der Waals surface area (Å²) >= 11 is 0. The van der Waals surface area contributed by atoms with Crippen molar-refractivity contribution in [1.29, 1.82) is 0 Å². The zero-order chi connectivity index (χ0) is 15.3. The highest BCUT2D eigenvalue weighted by Crippen LogP contribution is 2.12. The standard InChI is InChI=1S/C10H20N2O.C3H9N.C2H6/c1-9(2)12-6-3-4-10(5-7-12)11-8-13;1-4(2)3;1-2/h8-10H,3-7H2,1-2H3,(H,11,13);1-3H3;1-2H3. The molecule has 1 N–H and O–H groups in total. The zero-order valence-electron chi connectivity index (χ0n) is 14.1. The van der Waals surface area contributed by atoms with Gasteiger partial charge in [0.25, 0.3) is 0 Å². The smallest absolute Gasteiger partial charge is 0.207 e. The summed E-state index contributed by atoms with van der Waals surface area (Å²) < 4.78 is 0. The van der Waals surface area contributed by atoms with Gasteiger partial charge in [0.05, 0.1) is 0 Å². The van der Waals surface area contributed by atoms with Crippen LogP contribution in [-0.4, -0.2) is 62.5 Å². The summed E-state index contributed by atoms with van der Waals surface area (Å²) in [6, 6.07) is 1.04. The van der Waals surface area contributed by atoms with Crippen LogP contribution in [0.3, 0.4) is 0 Å². The Labute approximate surface area is 120 Å². The number of nitrogens with zero attached hydrogens (tertiary/aromatic N) is 2. The number of carbonyl (C=O) groups excluding carboxylic acids is 1. The van der Waals surface area contributed by atoms with Crippen molar-refractivity contribution in [1.82, 2.24) is 15.1 Å². The highest BCUT2D eigenvalue weighted by Gasteiger charge is 2.17. The predicted octanol–water partition coefficient (Wildman–Crippen LogP) is 2.20. The quantitative estimate of drug-likeness (QED) is 0.801. The van der Waals surface area contributed by atoms with Crippen LogP contribution in [0.4, 0.5) is 0 Å². The Hall–Kier alpha value is -0.610. The molecule has 0 aliphatic carbocycles. The first-order valence-corrected chi connectivity index (χ1v) is 7.52. The first-order valence-electron chi connectivity index (χ1n) is 7.52. The maximum atomic E-state index is 10.3. The Balaban J connectivity index is 0. The summed E-state index contributed by atoms with van der Waals surface area (Å²) in [5.74, 6) is 0. The van der Waals surface area contributed by atoms with Gasteiger partial charge in [0.2, 0.25) is 6.41 Å². The molecule has 0 saturated carbocycles. The van der Waals surface area contributed by atoms with Gasteiger partial charge in [-0.3, -0.25) is 4.79 Å². The van der Waals surface area contributed by atoms with E-state index in [2.05, 4.69) is 24.1 Å². The number of carbonyl (C=O) groups is 1. The average Bonchev–Trinajstić information content (AvgIpc) is 2.57. The van der Waals surface area contributed by atoms with E-state index < -0.39 is 0 Å².